The monoisotopic (exact) mass is 692 g/mol. The van der Waals surface area contributed by atoms with Crippen LogP contribution in [0.3, 0.4) is 0 Å². The SMILES string of the molecule is CC(C)(C)n1c[n+](C(C)(C)C)cc1[B-](c1c(F)c(F)c(F)c(F)c1F)(c1c(F)c(F)c(F)c(F)c1F)c1c(F)c(F)c(F)c(F)c1F. The molecule has 0 aliphatic carbocycles. The molecular weight excluding hydrogens is 672 g/mol. The molecule has 4 rings (SSSR count). The van der Waals surface area contributed by atoms with Crippen molar-refractivity contribution in [1.82, 2.24) is 4.57 Å². The van der Waals surface area contributed by atoms with E-state index < -0.39 is 126 Å². The van der Waals surface area contributed by atoms with Crippen LogP contribution in [0, 0.1) is 87.3 Å². The van der Waals surface area contributed by atoms with E-state index in [0.29, 0.717) is 10.8 Å². The standard InChI is InChI=1S/C29H20BF15N2/c1-28(2,3)46-7-9(47(8-46)29(4,5)6)30(10-13(31)19(37)25(43)20(38)14(10)32,11-15(33)21(39)26(44)22(40)16(11)34)12-17(35)23(41)27(45)24(42)18(12)36/h7-8H,1-6H3. The Morgan fingerprint density at radius 1 is 0.426 bits per heavy atom. The minimum Gasteiger partial charge on any atom is -0.267 e. The molecule has 254 valence electrons. The Labute approximate surface area is 256 Å². The highest BCUT2D eigenvalue weighted by Crippen LogP contribution is 2.29. The maximum atomic E-state index is 16.0. The zero-order valence-electron chi connectivity index (χ0n) is 24.8. The van der Waals surface area contributed by atoms with Gasteiger partial charge in [0.05, 0.1) is 11.7 Å². The van der Waals surface area contributed by atoms with E-state index in [4.69, 9.17) is 0 Å². The molecule has 2 nitrogen and oxygen atoms in total. The normalized spacial score (nSPS) is 12.8. The van der Waals surface area contributed by atoms with Crippen LogP contribution in [0.5, 0.6) is 0 Å². The molecule has 0 aliphatic heterocycles. The van der Waals surface area contributed by atoms with Crippen molar-refractivity contribution in [2.24, 2.45) is 0 Å². The Hall–Kier alpha value is -4.12. The summed E-state index contributed by atoms with van der Waals surface area (Å²) in [7, 11) is 0. The highest BCUT2D eigenvalue weighted by molar-refractivity contribution is 7.19. The zero-order valence-corrected chi connectivity index (χ0v) is 24.8. The number of nitrogens with zero attached hydrogens (tertiary/aromatic N) is 2. The van der Waals surface area contributed by atoms with E-state index in [0.717, 1.165) is 10.9 Å². The number of hydrogen-bond acceptors (Lipinski definition) is 0. The average molecular weight is 692 g/mol. The van der Waals surface area contributed by atoms with Crippen molar-refractivity contribution in [2.45, 2.75) is 52.6 Å². The molecular formula is C29H20BF15N2. The summed E-state index contributed by atoms with van der Waals surface area (Å²) in [6.07, 6.45) is -4.48. The second-order valence-corrected chi connectivity index (χ2v) is 12.6. The van der Waals surface area contributed by atoms with E-state index >= 15 is 26.3 Å². The smallest absolute Gasteiger partial charge is 0.241 e. The first-order chi connectivity index (χ1) is 21.4. The Morgan fingerprint density at radius 2 is 0.660 bits per heavy atom. The summed E-state index contributed by atoms with van der Waals surface area (Å²) in [5.41, 5.74) is -12.4. The first-order valence-electron chi connectivity index (χ1n) is 13.2. The number of halogens is 15. The predicted octanol–water partition coefficient (Wildman–Crippen LogP) is 5.75. The second-order valence-electron chi connectivity index (χ2n) is 12.6. The molecule has 0 aliphatic rings. The Balaban J connectivity index is 2.66. The summed E-state index contributed by atoms with van der Waals surface area (Å²) in [5.74, 6) is -45.6. The average Bonchev–Trinajstić information content (AvgIpc) is 3.46. The highest BCUT2D eigenvalue weighted by atomic mass is 19.2. The van der Waals surface area contributed by atoms with Gasteiger partial charge in [0.15, 0.2) is 58.5 Å². The quantitative estimate of drug-likeness (QED) is 0.0848. The topological polar surface area (TPSA) is 8.81 Å². The fourth-order valence-corrected chi connectivity index (χ4v) is 5.56. The van der Waals surface area contributed by atoms with Gasteiger partial charge >= 0.3 is 0 Å². The molecule has 0 unspecified atom stereocenters. The number of imidazole rings is 1. The third kappa shape index (κ3) is 4.96. The van der Waals surface area contributed by atoms with Crippen molar-refractivity contribution in [3.8, 4) is 0 Å². The van der Waals surface area contributed by atoms with E-state index in [9.17, 15) is 39.5 Å². The van der Waals surface area contributed by atoms with Gasteiger partial charge < -0.3 is 0 Å². The van der Waals surface area contributed by atoms with Gasteiger partial charge in [0.2, 0.25) is 6.33 Å². The fraction of sp³-hybridized carbons (Fsp3) is 0.276. The summed E-state index contributed by atoms with van der Waals surface area (Å²) in [6, 6.07) is 0. The van der Waals surface area contributed by atoms with Crippen LogP contribution in [0.25, 0.3) is 0 Å². The maximum absolute atomic E-state index is 16.0. The molecule has 0 fully saturated rings. The second kappa shape index (κ2) is 11.3. The molecule has 0 saturated heterocycles. The Morgan fingerprint density at radius 3 is 0.872 bits per heavy atom. The van der Waals surface area contributed by atoms with Gasteiger partial charge in [0.25, 0.3) is 0 Å². The van der Waals surface area contributed by atoms with Crippen LogP contribution in [0.4, 0.5) is 65.9 Å². The molecule has 18 heteroatoms. The van der Waals surface area contributed by atoms with Crippen molar-refractivity contribution < 1.29 is 70.4 Å². The third-order valence-electron chi connectivity index (χ3n) is 7.76. The number of benzene rings is 3. The molecule has 0 atom stereocenters. The first-order valence-corrected chi connectivity index (χ1v) is 13.2. The van der Waals surface area contributed by atoms with E-state index in [1.165, 1.54) is 41.5 Å². The molecule has 0 bridgehead atoms. The largest absolute Gasteiger partial charge is 0.267 e. The third-order valence-corrected chi connectivity index (χ3v) is 7.76. The summed E-state index contributed by atoms with van der Waals surface area (Å²) < 4.78 is 230. The molecule has 0 spiro atoms. The van der Waals surface area contributed by atoms with E-state index in [-0.39, 0.29) is 0 Å². The lowest BCUT2D eigenvalue weighted by molar-refractivity contribution is -0.753. The van der Waals surface area contributed by atoms with Crippen molar-refractivity contribution in [2.75, 3.05) is 0 Å². The zero-order chi connectivity index (χ0) is 36.0. The van der Waals surface area contributed by atoms with Crippen LogP contribution in [-0.2, 0) is 11.1 Å². The van der Waals surface area contributed by atoms with Gasteiger partial charge in [-0.3, -0.25) is 4.57 Å². The van der Waals surface area contributed by atoms with Gasteiger partial charge in [-0.1, -0.05) is 0 Å². The Kier molecular flexibility index (Phi) is 8.55. The first kappa shape index (κ1) is 35.7. The van der Waals surface area contributed by atoms with Crippen LogP contribution in [-0.4, -0.2) is 10.7 Å². The number of hydrogen-bond donors (Lipinski definition) is 0. The molecule has 1 heterocycles. The summed E-state index contributed by atoms with van der Waals surface area (Å²) in [5, 5.41) is 0. The maximum Gasteiger partial charge on any atom is 0.241 e. The van der Waals surface area contributed by atoms with Crippen LogP contribution >= 0.6 is 0 Å². The van der Waals surface area contributed by atoms with Crippen LogP contribution < -0.4 is 26.5 Å². The van der Waals surface area contributed by atoms with Gasteiger partial charge in [-0.05, 0) is 47.1 Å². The van der Waals surface area contributed by atoms with Crippen molar-refractivity contribution >= 4 is 28.1 Å². The van der Waals surface area contributed by atoms with Crippen molar-refractivity contribution in [1.29, 1.82) is 0 Å². The van der Waals surface area contributed by atoms with Gasteiger partial charge in [-0.15, -0.1) is 16.4 Å². The summed E-state index contributed by atoms with van der Waals surface area (Å²) in [4.78, 5) is 0. The summed E-state index contributed by atoms with van der Waals surface area (Å²) >= 11 is 0. The van der Waals surface area contributed by atoms with E-state index in [2.05, 4.69) is 0 Å². The van der Waals surface area contributed by atoms with Gasteiger partial charge in [-0.2, -0.15) is 0 Å². The van der Waals surface area contributed by atoms with E-state index in [1.807, 2.05) is 0 Å². The van der Waals surface area contributed by atoms with E-state index in [1.54, 1.807) is 0 Å². The van der Waals surface area contributed by atoms with Crippen LogP contribution in [0.2, 0.25) is 0 Å². The van der Waals surface area contributed by atoms with Crippen molar-refractivity contribution in [3.63, 3.8) is 0 Å². The molecule has 4 aromatic rings. The minimum absolute atomic E-state index is 0.527. The molecule has 3 aromatic carbocycles. The lowest BCUT2D eigenvalue weighted by atomic mass is 9.13. The van der Waals surface area contributed by atoms with Crippen LogP contribution in [0.15, 0.2) is 12.5 Å². The number of aromatic nitrogens is 2. The number of rotatable bonds is 4. The Bertz CT molecular complexity index is 1720. The lowest BCUT2D eigenvalue weighted by Crippen LogP contribution is -2.81. The fourth-order valence-electron chi connectivity index (χ4n) is 5.56. The van der Waals surface area contributed by atoms with Crippen molar-refractivity contribution in [3.05, 3.63) is 99.8 Å². The molecule has 0 N–H and O–H groups in total. The highest BCUT2D eigenvalue weighted by Gasteiger charge is 2.53. The van der Waals surface area contributed by atoms with Gasteiger partial charge in [0.1, 0.15) is 40.4 Å². The predicted molar refractivity (Wildman–Crippen MR) is 138 cm³/mol. The summed E-state index contributed by atoms with van der Waals surface area (Å²) in [6.45, 7) is 7.73. The van der Waals surface area contributed by atoms with Gasteiger partial charge in [0, 0.05) is 0 Å². The van der Waals surface area contributed by atoms with Crippen LogP contribution in [0.1, 0.15) is 41.5 Å². The van der Waals surface area contributed by atoms with Gasteiger partial charge in [-0.25, -0.2) is 70.4 Å². The molecule has 0 radical (unpaired) electrons. The minimum atomic E-state index is -5.91. The molecule has 47 heavy (non-hydrogen) atoms. The molecule has 1 aromatic heterocycles. The molecule has 0 saturated carbocycles. The lowest BCUT2D eigenvalue weighted by Gasteiger charge is -2.43. The molecule has 0 amide bonds.